The fraction of sp³-hybridized carbons (Fsp3) is 0.580. The third-order valence-electron chi connectivity index (χ3n) is 12.0. The zero-order valence-corrected chi connectivity index (χ0v) is 48.0. The molecule has 0 aromatic rings. The van der Waals surface area contributed by atoms with Gasteiger partial charge in [0, 0.05) is 19.3 Å². The Morgan fingerprint density at radius 3 is 0.813 bits per heavy atom. The van der Waals surface area contributed by atoms with Crippen molar-refractivity contribution in [3.63, 3.8) is 0 Å². The van der Waals surface area contributed by atoms with Gasteiger partial charge >= 0.3 is 17.9 Å². The third-order valence-corrected chi connectivity index (χ3v) is 12.0. The van der Waals surface area contributed by atoms with E-state index in [2.05, 4.69) is 179 Å². The second-order valence-electron chi connectivity index (χ2n) is 19.1. The Kier molecular flexibility index (Phi) is 57.5. The van der Waals surface area contributed by atoms with Crippen LogP contribution in [-0.2, 0) is 28.6 Å². The number of carbonyl (C=O) groups is 3. The minimum Gasteiger partial charge on any atom is -0.462 e. The van der Waals surface area contributed by atoms with E-state index in [0.29, 0.717) is 19.3 Å². The van der Waals surface area contributed by atoms with Gasteiger partial charge < -0.3 is 14.2 Å². The molecule has 0 amide bonds. The predicted molar refractivity (Wildman–Crippen MR) is 325 cm³/mol. The quantitative estimate of drug-likeness (QED) is 0.0261. The molecule has 0 radical (unpaired) electrons. The largest absolute Gasteiger partial charge is 0.462 e. The van der Waals surface area contributed by atoms with Gasteiger partial charge in [0.05, 0.1) is 0 Å². The van der Waals surface area contributed by atoms with Gasteiger partial charge in [-0.15, -0.1) is 0 Å². The van der Waals surface area contributed by atoms with Crippen molar-refractivity contribution in [2.45, 2.75) is 245 Å². The van der Waals surface area contributed by atoms with Crippen LogP contribution in [0.1, 0.15) is 239 Å². The van der Waals surface area contributed by atoms with Crippen LogP contribution in [0.2, 0.25) is 0 Å². The molecular formula is C69H108O6. The van der Waals surface area contributed by atoms with Crippen LogP contribution in [0.3, 0.4) is 0 Å². The minimum atomic E-state index is -0.797. The van der Waals surface area contributed by atoms with Crippen molar-refractivity contribution in [3.05, 3.63) is 158 Å². The van der Waals surface area contributed by atoms with Crippen LogP contribution >= 0.6 is 0 Å². The van der Waals surface area contributed by atoms with Gasteiger partial charge in [-0.1, -0.05) is 249 Å². The van der Waals surface area contributed by atoms with Gasteiger partial charge in [-0.05, 0) is 128 Å². The monoisotopic (exact) mass is 1030 g/mol. The van der Waals surface area contributed by atoms with Crippen LogP contribution in [0, 0.1) is 0 Å². The highest BCUT2D eigenvalue weighted by atomic mass is 16.6. The molecule has 1 atom stereocenters. The SMILES string of the molecule is CC/C=C\C/C=C\C/C=C\C/C=C\C/C=C\C/C=C\C/C=C\C/C=C\C/C=C\CCCCCCCC(=O)OCC(COC(=O)CCCCCCC)OC(=O)CCCCCCCC/C=C\C/C=C\C/C=C\C/C=C\CC. The summed E-state index contributed by atoms with van der Waals surface area (Å²) in [7, 11) is 0. The van der Waals surface area contributed by atoms with Gasteiger partial charge in [-0.2, -0.15) is 0 Å². The fourth-order valence-corrected chi connectivity index (χ4v) is 7.60. The Morgan fingerprint density at radius 1 is 0.280 bits per heavy atom. The van der Waals surface area contributed by atoms with Gasteiger partial charge in [0.1, 0.15) is 13.2 Å². The maximum atomic E-state index is 12.8. The first-order valence-electron chi connectivity index (χ1n) is 30.0. The van der Waals surface area contributed by atoms with E-state index in [-0.39, 0.29) is 31.1 Å². The molecule has 0 heterocycles. The summed E-state index contributed by atoms with van der Waals surface area (Å²) in [6, 6.07) is 0. The van der Waals surface area contributed by atoms with Gasteiger partial charge in [0.2, 0.25) is 0 Å². The van der Waals surface area contributed by atoms with Crippen molar-refractivity contribution in [2.75, 3.05) is 13.2 Å². The lowest BCUT2D eigenvalue weighted by Gasteiger charge is -2.18. The summed E-state index contributed by atoms with van der Waals surface area (Å²) in [5, 5.41) is 0. The summed E-state index contributed by atoms with van der Waals surface area (Å²) >= 11 is 0. The molecule has 0 saturated carbocycles. The fourth-order valence-electron chi connectivity index (χ4n) is 7.60. The minimum absolute atomic E-state index is 0.0967. The zero-order chi connectivity index (χ0) is 54.3. The molecule has 0 spiro atoms. The van der Waals surface area contributed by atoms with Crippen LogP contribution in [-0.4, -0.2) is 37.2 Å². The first-order chi connectivity index (χ1) is 37.0. The Labute approximate surface area is 460 Å². The van der Waals surface area contributed by atoms with Gasteiger partial charge in [-0.25, -0.2) is 0 Å². The number of rotatable bonds is 52. The average Bonchev–Trinajstić information content (AvgIpc) is 3.41. The second-order valence-corrected chi connectivity index (χ2v) is 19.1. The maximum absolute atomic E-state index is 12.8. The van der Waals surface area contributed by atoms with Gasteiger partial charge in [-0.3, -0.25) is 14.4 Å². The first-order valence-corrected chi connectivity index (χ1v) is 30.0. The Bertz CT molecular complexity index is 1710. The highest BCUT2D eigenvalue weighted by Gasteiger charge is 2.19. The first kappa shape index (κ1) is 70.0. The van der Waals surface area contributed by atoms with E-state index in [1.807, 2.05) is 0 Å². The lowest BCUT2D eigenvalue weighted by Crippen LogP contribution is -2.30. The zero-order valence-electron chi connectivity index (χ0n) is 48.0. The van der Waals surface area contributed by atoms with E-state index in [4.69, 9.17) is 14.2 Å². The van der Waals surface area contributed by atoms with E-state index in [1.165, 1.54) is 12.8 Å². The van der Waals surface area contributed by atoms with Crippen LogP contribution in [0.4, 0.5) is 0 Å². The molecule has 0 aliphatic rings. The van der Waals surface area contributed by atoms with Crippen LogP contribution < -0.4 is 0 Å². The van der Waals surface area contributed by atoms with Crippen LogP contribution in [0.15, 0.2) is 158 Å². The Hall–Kier alpha value is -4.97. The molecule has 0 aliphatic heterocycles. The highest BCUT2D eigenvalue weighted by Crippen LogP contribution is 2.13. The van der Waals surface area contributed by atoms with Crippen molar-refractivity contribution in [1.82, 2.24) is 0 Å². The molecule has 0 fully saturated rings. The predicted octanol–water partition coefficient (Wildman–Crippen LogP) is 20.5. The topological polar surface area (TPSA) is 78.9 Å². The number of carbonyl (C=O) groups excluding carboxylic acids is 3. The van der Waals surface area contributed by atoms with Crippen molar-refractivity contribution in [1.29, 1.82) is 0 Å². The summed E-state index contributed by atoms with van der Waals surface area (Å²) in [6.07, 6.45) is 90.0. The Morgan fingerprint density at radius 2 is 0.520 bits per heavy atom. The smallest absolute Gasteiger partial charge is 0.306 e. The highest BCUT2D eigenvalue weighted by molar-refractivity contribution is 5.71. The second kappa shape index (κ2) is 61.6. The molecule has 75 heavy (non-hydrogen) atoms. The van der Waals surface area contributed by atoms with Crippen LogP contribution in [0.25, 0.3) is 0 Å². The van der Waals surface area contributed by atoms with E-state index in [1.54, 1.807) is 0 Å². The number of unbranched alkanes of at least 4 members (excludes halogenated alkanes) is 15. The van der Waals surface area contributed by atoms with Gasteiger partial charge in [0.15, 0.2) is 6.10 Å². The average molecular weight is 1030 g/mol. The summed E-state index contributed by atoms with van der Waals surface area (Å²) in [5.41, 5.74) is 0. The number of hydrogen-bond acceptors (Lipinski definition) is 6. The number of esters is 3. The molecule has 0 aromatic carbocycles. The number of ether oxygens (including phenoxy) is 3. The summed E-state index contributed by atoms with van der Waals surface area (Å²) in [6.45, 7) is 6.28. The van der Waals surface area contributed by atoms with E-state index in [0.717, 1.165) is 186 Å². The lowest BCUT2D eigenvalue weighted by atomic mass is 10.1. The molecule has 0 aromatic heterocycles. The Balaban J connectivity index is 4.17. The van der Waals surface area contributed by atoms with Crippen molar-refractivity contribution >= 4 is 17.9 Å². The third kappa shape index (κ3) is 59.8. The molecule has 420 valence electrons. The van der Waals surface area contributed by atoms with E-state index in [9.17, 15) is 14.4 Å². The van der Waals surface area contributed by atoms with Crippen molar-refractivity contribution in [2.24, 2.45) is 0 Å². The molecule has 0 aliphatic carbocycles. The molecule has 6 nitrogen and oxygen atoms in total. The van der Waals surface area contributed by atoms with Gasteiger partial charge in [0.25, 0.3) is 0 Å². The van der Waals surface area contributed by atoms with Crippen molar-refractivity contribution in [3.8, 4) is 0 Å². The summed E-state index contributed by atoms with van der Waals surface area (Å²) in [5.74, 6) is -0.953. The summed E-state index contributed by atoms with van der Waals surface area (Å²) in [4.78, 5) is 37.8. The van der Waals surface area contributed by atoms with Crippen molar-refractivity contribution < 1.29 is 28.6 Å². The number of hydrogen-bond donors (Lipinski definition) is 0. The van der Waals surface area contributed by atoms with Crippen LogP contribution in [0.5, 0.6) is 0 Å². The molecule has 0 saturated heterocycles. The summed E-state index contributed by atoms with van der Waals surface area (Å²) < 4.78 is 16.7. The molecule has 6 heteroatoms. The standard InChI is InChI=1S/C69H108O6/c1-4-7-10-13-15-17-19-21-23-25-27-28-29-30-31-32-33-34-35-36-37-38-39-40-42-43-45-47-49-51-53-56-59-62-68(71)74-65-66(64-73-67(70)61-58-55-12-9-6-3)75-69(72)63-60-57-54-52-50-48-46-44-41-26-24-22-20-18-16-14-11-8-5-2/h7-8,10-11,15-18,21-24,27-28,30-31,33-34,36-37,39-41,43-45,66H,4-6,9,12-14,19-20,25-26,29,32,35,38,42,46-65H2,1-3H3/b10-7-,11-8-,17-15-,18-16-,23-21-,24-22-,28-27-,31-30-,34-33-,37-36-,40-39-,44-41-,45-43-. The van der Waals surface area contributed by atoms with E-state index < -0.39 is 6.10 Å². The number of allylic oxidation sites excluding steroid dienone is 26. The van der Waals surface area contributed by atoms with E-state index >= 15 is 0 Å². The normalized spacial score (nSPS) is 13.3. The lowest BCUT2D eigenvalue weighted by molar-refractivity contribution is -0.167. The molecule has 0 bridgehead atoms. The molecule has 1 unspecified atom stereocenters. The maximum Gasteiger partial charge on any atom is 0.306 e. The molecule has 0 N–H and O–H groups in total. The molecular weight excluding hydrogens is 925 g/mol. The molecule has 0 rings (SSSR count).